The summed E-state index contributed by atoms with van der Waals surface area (Å²) in [6.45, 7) is 3.28. The van der Waals surface area contributed by atoms with Crippen LogP contribution in [0.1, 0.15) is 30.4 Å². The zero-order valence-corrected chi connectivity index (χ0v) is 15.2. The fourth-order valence-corrected chi connectivity index (χ4v) is 3.55. The molecule has 1 amide bonds. The van der Waals surface area contributed by atoms with Gasteiger partial charge in [-0.3, -0.25) is 9.69 Å². The highest BCUT2D eigenvalue weighted by atomic mass is 19.1. The van der Waals surface area contributed by atoms with Crippen LogP contribution in [-0.2, 0) is 17.8 Å². The number of carbonyl (C=O) groups is 1. The molecule has 0 bridgehead atoms. The average Bonchev–Trinajstić information content (AvgIpc) is 2.68. The Morgan fingerprint density at radius 2 is 1.85 bits per heavy atom. The fourth-order valence-electron chi connectivity index (χ4n) is 3.55. The van der Waals surface area contributed by atoms with Crippen LogP contribution in [0.15, 0.2) is 54.6 Å². The van der Waals surface area contributed by atoms with Gasteiger partial charge in [0.1, 0.15) is 5.82 Å². The molecule has 1 saturated heterocycles. The molecule has 1 N–H and O–H groups in total. The number of likely N-dealkylation sites (tertiary alicyclic amines) is 1. The van der Waals surface area contributed by atoms with E-state index >= 15 is 0 Å². The maximum absolute atomic E-state index is 13.0. The Kier molecular flexibility index (Phi) is 6.78. The summed E-state index contributed by atoms with van der Waals surface area (Å²) in [5, 5.41) is 3.10. The third-order valence-electron chi connectivity index (χ3n) is 4.98. The summed E-state index contributed by atoms with van der Waals surface area (Å²) < 4.78 is 13.0. The second-order valence-corrected chi connectivity index (χ2v) is 7.08. The van der Waals surface area contributed by atoms with E-state index in [1.54, 1.807) is 0 Å². The minimum atomic E-state index is -0.208. The molecular weight excluding hydrogens is 327 g/mol. The SMILES string of the molecule is O=C(NCCCc1ccccc1)C1CCCN(Cc2ccc(F)cc2)C1. The summed E-state index contributed by atoms with van der Waals surface area (Å²) in [6.07, 6.45) is 3.93. The first kappa shape index (κ1) is 18.6. The molecule has 3 rings (SSSR count). The molecule has 0 radical (unpaired) electrons. The van der Waals surface area contributed by atoms with E-state index in [0.29, 0.717) is 0 Å². The van der Waals surface area contributed by atoms with Gasteiger partial charge in [0.05, 0.1) is 5.92 Å². The molecule has 4 heteroatoms. The standard InChI is InChI=1S/C22H27FN2O/c23-21-12-10-19(11-13-21)16-25-15-5-9-20(17-25)22(26)24-14-4-8-18-6-2-1-3-7-18/h1-3,6-7,10-13,20H,4-5,8-9,14-17H2,(H,24,26). The van der Waals surface area contributed by atoms with Crippen molar-refractivity contribution in [2.45, 2.75) is 32.2 Å². The van der Waals surface area contributed by atoms with E-state index in [4.69, 9.17) is 0 Å². The molecule has 1 fully saturated rings. The van der Waals surface area contributed by atoms with Crippen LogP contribution in [0, 0.1) is 11.7 Å². The minimum Gasteiger partial charge on any atom is -0.356 e. The number of hydrogen-bond donors (Lipinski definition) is 1. The molecule has 1 heterocycles. The van der Waals surface area contributed by atoms with Gasteiger partial charge in [0.15, 0.2) is 0 Å². The molecule has 1 unspecified atom stereocenters. The minimum absolute atomic E-state index is 0.0564. The first-order valence-corrected chi connectivity index (χ1v) is 9.49. The number of rotatable bonds is 7. The lowest BCUT2D eigenvalue weighted by Gasteiger charge is -2.32. The molecular formula is C22H27FN2O. The Balaban J connectivity index is 1.40. The van der Waals surface area contributed by atoms with E-state index in [9.17, 15) is 9.18 Å². The highest BCUT2D eigenvalue weighted by molar-refractivity contribution is 5.78. The summed E-state index contributed by atoms with van der Waals surface area (Å²) in [4.78, 5) is 14.8. The number of hydrogen-bond acceptors (Lipinski definition) is 2. The molecule has 138 valence electrons. The van der Waals surface area contributed by atoms with Gasteiger partial charge in [-0.25, -0.2) is 4.39 Å². The number of piperidine rings is 1. The van der Waals surface area contributed by atoms with Gasteiger partial charge in [-0.2, -0.15) is 0 Å². The van der Waals surface area contributed by atoms with E-state index < -0.39 is 0 Å². The van der Waals surface area contributed by atoms with Crippen molar-refractivity contribution >= 4 is 5.91 Å². The summed E-state index contributed by atoms with van der Waals surface area (Å²) in [7, 11) is 0. The number of nitrogens with zero attached hydrogens (tertiary/aromatic N) is 1. The molecule has 0 spiro atoms. The lowest BCUT2D eigenvalue weighted by atomic mass is 9.96. The number of aryl methyl sites for hydroxylation is 1. The largest absolute Gasteiger partial charge is 0.356 e. The molecule has 1 aliphatic heterocycles. The summed E-state index contributed by atoms with van der Waals surface area (Å²) >= 11 is 0. The Morgan fingerprint density at radius 3 is 2.62 bits per heavy atom. The molecule has 1 atom stereocenters. The summed E-state index contributed by atoms with van der Waals surface area (Å²) in [6, 6.07) is 17.0. The topological polar surface area (TPSA) is 32.3 Å². The molecule has 2 aromatic carbocycles. The Labute approximate surface area is 155 Å². The monoisotopic (exact) mass is 354 g/mol. The predicted octanol–water partition coefficient (Wildman–Crippen LogP) is 3.79. The summed E-state index contributed by atoms with van der Waals surface area (Å²) in [5.41, 5.74) is 2.40. The molecule has 26 heavy (non-hydrogen) atoms. The maximum Gasteiger partial charge on any atom is 0.224 e. The Bertz CT molecular complexity index is 687. The van der Waals surface area contributed by atoms with Gasteiger partial charge in [0.2, 0.25) is 5.91 Å². The third kappa shape index (κ3) is 5.67. The van der Waals surface area contributed by atoms with Crippen LogP contribution in [-0.4, -0.2) is 30.4 Å². The lowest BCUT2D eigenvalue weighted by Crippen LogP contribution is -2.42. The number of amides is 1. The van der Waals surface area contributed by atoms with Crippen LogP contribution in [0.3, 0.4) is 0 Å². The highest BCUT2D eigenvalue weighted by Gasteiger charge is 2.25. The van der Waals surface area contributed by atoms with E-state index in [0.717, 1.165) is 57.4 Å². The second-order valence-electron chi connectivity index (χ2n) is 7.08. The number of halogens is 1. The van der Waals surface area contributed by atoms with Gasteiger partial charge in [0.25, 0.3) is 0 Å². The van der Waals surface area contributed by atoms with E-state index in [1.165, 1.54) is 17.7 Å². The zero-order chi connectivity index (χ0) is 18.2. The van der Waals surface area contributed by atoms with Crippen molar-refractivity contribution in [1.29, 1.82) is 0 Å². The smallest absolute Gasteiger partial charge is 0.224 e. The maximum atomic E-state index is 13.0. The van der Waals surface area contributed by atoms with Crippen molar-refractivity contribution in [2.75, 3.05) is 19.6 Å². The highest BCUT2D eigenvalue weighted by Crippen LogP contribution is 2.19. The molecule has 3 nitrogen and oxygen atoms in total. The first-order chi connectivity index (χ1) is 12.7. The number of benzene rings is 2. The first-order valence-electron chi connectivity index (χ1n) is 9.49. The summed E-state index contributed by atoms with van der Waals surface area (Å²) in [5.74, 6) is 0.0166. The van der Waals surface area contributed by atoms with Crippen molar-refractivity contribution in [3.8, 4) is 0 Å². The fraction of sp³-hybridized carbons (Fsp3) is 0.409. The number of nitrogens with one attached hydrogen (secondary N) is 1. The van der Waals surface area contributed by atoms with Gasteiger partial charge in [-0.05, 0) is 55.5 Å². The second kappa shape index (κ2) is 9.48. The van der Waals surface area contributed by atoms with Crippen LogP contribution in [0.2, 0.25) is 0 Å². The van der Waals surface area contributed by atoms with E-state index in [2.05, 4.69) is 22.3 Å². The van der Waals surface area contributed by atoms with Gasteiger partial charge >= 0.3 is 0 Å². The predicted molar refractivity (Wildman–Crippen MR) is 102 cm³/mol. The van der Waals surface area contributed by atoms with E-state index in [-0.39, 0.29) is 17.6 Å². The van der Waals surface area contributed by atoms with Crippen molar-refractivity contribution in [2.24, 2.45) is 5.92 Å². The quantitative estimate of drug-likeness (QED) is 0.768. The molecule has 0 saturated carbocycles. The van der Waals surface area contributed by atoms with Crippen LogP contribution in [0.5, 0.6) is 0 Å². The average molecular weight is 354 g/mol. The van der Waals surface area contributed by atoms with Crippen LogP contribution in [0.4, 0.5) is 4.39 Å². The van der Waals surface area contributed by atoms with Gasteiger partial charge in [-0.1, -0.05) is 42.5 Å². The van der Waals surface area contributed by atoms with Crippen LogP contribution < -0.4 is 5.32 Å². The van der Waals surface area contributed by atoms with Gasteiger partial charge < -0.3 is 5.32 Å². The molecule has 0 aliphatic carbocycles. The lowest BCUT2D eigenvalue weighted by molar-refractivity contribution is -0.126. The Hall–Kier alpha value is -2.20. The van der Waals surface area contributed by atoms with Crippen molar-refractivity contribution < 1.29 is 9.18 Å². The Morgan fingerprint density at radius 1 is 1.08 bits per heavy atom. The van der Waals surface area contributed by atoms with E-state index in [1.807, 2.05) is 30.3 Å². The van der Waals surface area contributed by atoms with Crippen molar-refractivity contribution in [3.63, 3.8) is 0 Å². The van der Waals surface area contributed by atoms with Crippen molar-refractivity contribution in [3.05, 3.63) is 71.5 Å². The van der Waals surface area contributed by atoms with Crippen LogP contribution in [0.25, 0.3) is 0 Å². The van der Waals surface area contributed by atoms with Crippen LogP contribution >= 0.6 is 0 Å². The molecule has 2 aromatic rings. The zero-order valence-electron chi connectivity index (χ0n) is 15.2. The molecule has 1 aliphatic rings. The normalized spacial score (nSPS) is 17.8. The van der Waals surface area contributed by atoms with Gasteiger partial charge in [-0.15, -0.1) is 0 Å². The molecule has 0 aromatic heterocycles. The third-order valence-corrected chi connectivity index (χ3v) is 4.98. The van der Waals surface area contributed by atoms with Crippen molar-refractivity contribution in [1.82, 2.24) is 10.2 Å². The van der Waals surface area contributed by atoms with Gasteiger partial charge in [0, 0.05) is 19.6 Å². The number of carbonyl (C=O) groups excluding carboxylic acids is 1.